The van der Waals surface area contributed by atoms with Gasteiger partial charge in [-0.1, -0.05) is 24.3 Å². The van der Waals surface area contributed by atoms with E-state index in [4.69, 9.17) is 5.26 Å². The molecule has 1 aliphatic heterocycles. The minimum Gasteiger partial charge on any atom is -0.325 e. The molecule has 1 amide bonds. The maximum Gasteiger partial charge on any atom is 0.241 e. The van der Waals surface area contributed by atoms with Crippen molar-refractivity contribution in [1.29, 1.82) is 5.26 Å². The number of nitrogens with zero attached hydrogens (tertiary/aromatic N) is 2. The molecule has 4 nitrogen and oxygen atoms in total. The standard InChI is InChI=1S/C19H19N3O/c1-14(19(23)21-18-8-6-15(12-20)7-9-18)22-11-10-16-4-2-3-5-17(16)13-22/h2-9,14H,10-11,13H2,1H3,(H,21,23)/t14-/m1/s1. The van der Waals surface area contributed by atoms with Crippen LogP contribution in [0, 0.1) is 11.3 Å². The molecule has 0 aliphatic carbocycles. The summed E-state index contributed by atoms with van der Waals surface area (Å²) in [7, 11) is 0. The Morgan fingerprint density at radius 3 is 2.57 bits per heavy atom. The zero-order chi connectivity index (χ0) is 16.2. The fraction of sp³-hybridized carbons (Fsp3) is 0.263. The van der Waals surface area contributed by atoms with Crippen molar-refractivity contribution in [3.05, 3.63) is 65.2 Å². The molecule has 1 N–H and O–H groups in total. The topological polar surface area (TPSA) is 56.1 Å². The van der Waals surface area contributed by atoms with E-state index in [9.17, 15) is 4.79 Å². The van der Waals surface area contributed by atoms with Gasteiger partial charge in [-0.2, -0.15) is 5.26 Å². The SMILES string of the molecule is C[C@H](C(=O)Nc1ccc(C#N)cc1)N1CCc2ccccc2C1. The summed E-state index contributed by atoms with van der Waals surface area (Å²) < 4.78 is 0. The molecule has 1 atom stereocenters. The van der Waals surface area contributed by atoms with Crippen LogP contribution in [0.2, 0.25) is 0 Å². The second-order valence-electron chi connectivity index (χ2n) is 5.84. The van der Waals surface area contributed by atoms with E-state index in [0.29, 0.717) is 5.56 Å². The third-order valence-corrected chi connectivity index (χ3v) is 4.37. The van der Waals surface area contributed by atoms with Gasteiger partial charge in [0.15, 0.2) is 0 Å². The number of hydrogen-bond acceptors (Lipinski definition) is 3. The first-order chi connectivity index (χ1) is 11.2. The molecule has 2 aromatic carbocycles. The van der Waals surface area contributed by atoms with Gasteiger partial charge in [0.05, 0.1) is 17.7 Å². The molecule has 2 aromatic rings. The molecule has 1 heterocycles. The van der Waals surface area contributed by atoms with Crippen molar-refractivity contribution in [3.8, 4) is 6.07 Å². The number of nitrogens with one attached hydrogen (secondary N) is 1. The van der Waals surface area contributed by atoms with E-state index in [1.165, 1.54) is 11.1 Å². The molecule has 116 valence electrons. The van der Waals surface area contributed by atoms with Crippen LogP contribution in [0.5, 0.6) is 0 Å². The predicted molar refractivity (Wildman–Crippen MR) is 89.8 cm³/mol. The Kier molecular flexibility index (Phi) is 4.40. The maximum atomic E-state index is 12.5. The summed E-state index contributed by atoms with van der Waals surface area (Å²) in [6.45, 7) is 3.63. The Bertz CT molecular complexity index is 746. The lowest BCUT2D eigenvalue weighted by atomic mass is 9.99. The third kappa shape index (κ3) is 3.41. The van der Waals surface area contributed by atoms with Gasteiger partial charge in [0.25, 0.3) is 0 Å². The van der Waals surface area contributed by atoms with Crippen LogP contribution < -0.4 is 5.32 Å². The molecule has 3 rings (SSSR count). The van der Waals surface area contributed by atoms with Gasteiger partial charge in [-0.05, 0) is 48.7 Å². The molecule has 0 unspecified atom stereocenters. The van der Waals surface area contributed by atoms with Gasteiger partial charge in [0, 0.05) is 18.8 Å². The first-order valence-electron chi connectivity index (χ1n) is 7.79. The summed E-state index contributed by atoms with van der Waals surface area (Å²) in [6, 6.07) is 17.2. The second-order valence-corrected chi connectivity index (χ2v) is 5.84. The molecular formula is C19H19N3O. The first kappa shape index (κ1) is 15.3. The van der Waals surface area contributed by atoms with Crippen molar-refractivity contribution < 1.29 is 4.79 Å². The molecule has 1 aliphatic rings. The summed E-state index contributed by atoms with van der Waals surface area (Å²) in [6.07, 6.45) is 0.977. The quantitative estimate of drug-likeness (QED) is 0.948. The predicted octanol–water partition coefficient (Wildman–Crippen LogP) is 2.94. The number of anilines is 1. The summed E-state index contributed by atoms with van der Waals surface area (Å²) in [4.78, 5) is 14.7. The highest BCUT2D eigenvalue weighted by Crippen LogP contribution is 2.21. The number of carbonyl (C=O) groups excluding carboxylic acids is 1. The minimum atomic E-state index is -0.195. The molecule has 0 spiro atoms. The molecule has 0 aromatic heterocycles. The van der Waals surface area contributed by atoms with Crippen LogP contribution in [-0.2, 0) is 17.8 Å². The summed E-state index contributed by atoms with van der Waals surface area (Å²) in [5.74, 6) is -0.0194. The fourth-order valence-corrected chi connectivity index (χ4v) is 2.89. The van der Waals surface area contributed by atoms with Crippen LogP contribution in [0.3, 0.4) is 0 Å². The molecule has 0 saturated heterocycles. The Balaban J connectivity index is 1.65. The fourth-order valence-electron chi connectivity index (χ4n) is 2.89. The lowest BCUT2D eigenvalue weighted by molar-refractivity contribution is -0.121. The van der Waals surface area contributed by atoms with Gasteiger partial charge in [0.1, 0.15) is 0 Å². The molecule has 4 heteroatoms. The molecule has 0 bridgehead atoms. The van der Waals surface area contributed by atoms with Gasteiger partial charge < -0.3 is 5.32 Å². The summed E-state index contributed by atoms with van der Waals surface area (Å²) in [5.41, 5.74) is 3.99. The Morgan fingerprint density at radius 2 is 1.87 bits per heavy atom. The summed E-state index contributed by atoms with van der Waals surface area (Å²) in [5, 5.41) is 11.7. The largest absolute Gasteiger partial charge is 0.325 e. The van der Waals surface area contributed by atoms with Crippen LogP contribution in [0.15, 0.2) is 48.5 Å². The zero-order valence-electron chi connectivity index (χ0n) is 13.1. The number of benzene rings is 2. The Labute approximate surface area is 136 Å². The number of hydrogen-bond donors (Lipinski definition) is 1. The van der Waals surface area contributed by atoms with Crippen molar-refractivity contribution in [3.63, 3.8) is 0 Å². The highest BCUT2D eigenvalue weighted by molar-refractivity contribution is 5.94. The normalized spacial score (nSPS) is 15.3. The van der Waals surface area contributed by atoms with Crippen molar-refractivity contribution in [2.75, 3.05) is 11.9 Å². The lowest BCUT2D eigenvalue weighted by Crippen LogP contribution is -2.44. The van der Waals surface area contributed by atoms with E-state index in [1.54, 1.807) is 24.3 Å². The van der Waals surface area contributed by atoms with E-state index < -0.39 is 0 Å². The van der Waals surface area contributed by atoms with Crippen LogP contribution in [0.4, 0.5) is 5.69 Å². The highest BCUT2D eigenvalue weighted by atomic mass is 16.2. The van der Waals surface area contributed by atoms with E-state index in [0.717, 1.165) is 25.2 Å². The van der Waals surface area contributed by atoms with Gasteiger partial charge in [0.2, 0.25) is 5.91 Å². The van der Waals surface area contributed by atoms with Crippen LogP contribution in [0.25, 0.3) is 0 Å². The van der Waals surface area contributed by atoms with Gasteiger partial charge in [-0.25, -0.2) is 0 Å². The van der Waals surface area contributed by atoms with E-state index in [1.807, 2.05) is 13.0 Å². The number of amides is 1. The molecule has 23 heavy (non-hydrogen) atoms. The van der Waals surface area contributed by atoms with Crippen molar-refractivity contribution in [1.82, 2.24) is 4.90 Å². The smallest absolute Gasteiger partial charge is 0.241 e. The average molecular weight is 305 g/mol. The zero-order valence-corrected chi connectivity index (χ0v) is 13.1. The third-order valence-electron chi connectivity index (χ3n) is 4.37. The average Bonchev–Trinajstić information content (AvgIpc) is 2.61. The summed E-state index contributed by atoms with van der Waals surface area (Å²) >= 11 is 0. The maximum absolute atomic E-state index is 12.5. The highest BCUT2D eigenvalue weighted by Gasteiger charge is 2.25. The molecule has 0 radical (unpaired) electrons. The lowest BCUT2D eigenvalue weighted by Gasteiger charge is -2.32. The monoisotopic (exact) mass is 305 g/mol. The van der Waals surface area contributed by atoms with Gasteiger partial charge in [-0.15, -0.1) is 0 Å². The van der Waals surface area contributed by atoms with Crippen LogP contribution in [-0.4, -0.2) is 23.4 Å². The molecule has 0 saturated carbocycles. The second kappa shape index (κ2) is 6.64. The van der Waals surface area contributed by atoms with E-state index >= 15 is 0 Å². The Morgan fingerprint density at radius 1 is 1.17 bits per heavy atom. The van der Waals surface area contributed by atoms with Crippen molar-refractivity contribution >= 4 is 11.6 Å². The number of fused-ring (bicyclic) bond motifs is 1. The van der Waals surface area contributed by atoms with E-state index in [2.05, 4.69) is 34.5 Å². The Hall–Kier alpha value is -2.64. The van der Waals surface area contributed by atoms with Crippen molar-refractivity contribution in [2.45, 2.75) is 25.9 Å². The molecular weight excluding hydrogens is 286 g/mol. The van der Waals surface area contributed by atoms with Crippen LogP contribution >= 0.6 is 0 Å². The minimum absolute atomic E-state index is 0.0194. The first-order valence-corrected chi connectivity index (χ1v) is 7.79. The van der Waals surface area contributed by atoms with Crippen LogP contribution in [0.1, 0.15) is 23.6 Å². The number of nitriles is 1. The molecule has 0 fully saturated rings. The number of rotatable bonds is 3. The van der Waals surface area contributed by atoms with Gasteiger partial charge >= 0.3 is 0 Å². The van der Waals surface area contributed by atoms with E-state index in [-0.39, 0.29) is 11.9 Å². The van der Waals surface area contributed by atoms with Crippen molar-refractivity contribution in [2.24, 2.45) is 0 Å². The van der Waals surface area contributed by atoms with Gasteiger partial charge in [-0.3, -0.25) is 9.69 Å². The number of carbonyl (C=O) groups is 1.